The van der Waals surface area contributed by atoms with Gasteiger partial charge < -0.3 is 4.74 Å². The van der Waals surface area contributed by atoms with Gasteiger partial charge in [-0.3, -0.25) is 9.59 Å². The number of ketones is 1. The Balaban J connectivity index is 3.83. The number of carbonyl (C=O) groups is 2. The number of methoxy groups -OCH3 is 1. The van der Waals surface area contributed by atoms with Gasteiger partial charge in [0.15, 0.2) is 5.78 Å². The normalized spacial score (nSPS) is 12.5. The van der Waals surface area contributed by atoms with Crippen LogP contribution in [-0.4, -0.2) is 18.9 Å². The van der Waals surface area contributed by atoms with Crippen LogP contribution in [0.2, 0.25) is 0 Å². The topological polar surface area (TPSA) is 43.4 Å². The Labute approximate surface area is 147 Å². The molecule has 0 unspecified atom stereocenters. The molecule has 0 fully saturated rings. The lowest BCUT2D eigenvalue weighted by molar-refractivity contribution is -0.151. The first-order valence-electron chi connectivity index (χ1n) is 9.06. The van der Waals surface area contributed by atoms with Crippen LogP contribution in [0.25, 0.3) is 0 Å². The number of esters is 1. The molecule has 0 aliphatic rings. The molecule has 0 aromatic carbocycles. The van der Waals surface area contributed by atoms with Crippen LogP contribution in [0.15, 0.2) is 36.5 Å². The smallest absolute Gasteiger partial charge is 0.311 e. The van der Waals surface area contributed by atoms with E-state index in [9.17, 15) is 9.59 Å². The lowest BCUT2D eigenvalue weighted by atomic mass is 9.87. The Bertz CT molecular complexity index is 442. The van der Waals surface area contributed by atoms with E-state index in [1.807, 2.05) is 26.0 Å². The maximum absolute atomic E-state index is 11.6. The van der Waals surface area contributed by atoms with Gasteiger partial charge in [-0.2, -0.15) is 0 Å². The Hall–Kier alpha value is -1.64. The maximum Gasteiger partial charge on any atom is 0.311 e. The van der Waals surface area contributed by atoms with Gasteiger partial charge in [-0.25, -0.2) is 0 Å². The van der Waals surface area contributed by atoms with Crippen LogP contribution in [-0.2, 0) is 14.3 Å². The summed E-state index contributed by atoms with van der Waals surface area (Å²) in [6.45, 7) is 5.99. The Morgan fingerprint density at radius 3 is 2.25 bits per heavy atom. The number of allylic oxidation sites excluding steroid dienone is 6. The van der Waals surface area contributed by atoms with E-state index < -0.39 is 5.41 Å². The van der Waals surface area contributed by atoms with E-state index in [0.29, 0.717) is 0 Å². The largest absolute Gasteiger partial charge is 0.469 e. The second-order valence-electron chi connectivity index (χ2n) is 6.71. The molecule has 0 bridgehead atoms. The quantitative estimate of drug-likeness (QED) is 0.191. The summed E-state index contributed by atoms with van der Waals surface area (Å²) < 4.78 is 4.79. The SMILES string of the molecule is CCCCC/C=C/C=C/C(=O)/C=C\CCCCC(C)(C)C(=O)OC. The molecule has 0 atom stereocenters. The first-order valence-corrected chi connectivity index (χ1v) is 9.06. The lowest BCUT2D eigenvalue weighted by Crippen LogP contribution is -2.25. The molecular weight excluding hydrogens is 300 g/mol. The van der Waals surface area contributed by atoms with Crippen LogP contribution < -0.4 is 0 Å². The second-order valence-corrected chi connectivity index (χ2v) is 6.71. The fraction of sp³-hybridized carbons (Fsp3) is 0.619. The Kier molecular flexibility index (Phi) is 12.8. The average molecular weight is 335 g/mol. The summed E-state index contributed by atoms with van der Waals surface area (Å²) in [6, 6.07) is 0. The van der Waals surface area contributed by atoms with Crippen molar-refractivity contribution in [3.8, 4) is 0 Å². The molecule has 136 valence electrons. The minimum absolute atomic E-state index is 0.0168. The number of rotatable bonds is 13. The summed E-state index contributed by atoms with van der Waals surface area (Å²) in [4.78, 5) is 23.2. The molecule has 24 heavy (non-hydrogen) atoms. The third-order valence-corrected chi connectivity index (χ3v) is 3.92. The van der Waals surface area contributed by atoms with Crippen LogP contribution in [0, 0.1) is 5.41 Å². The molecule has 0 saturated carbocycles. The van der Waals surface area contributed by atoms with Crippen molar-refractivity contribution in [2.24, 2.45) is 5.41 Å². The predicted molar refractivity (Wildman–Crippen MR) is 101 cm³/mol. The zero-order chi connectivity index (χ0) is 18.3. The molecule has 0 spiro atoms. The van der Waals surface area contributed by atoms with Crippen molar-refractivity contribution in [3.05, 3.63) is 36.5 Å². The fourth-order valence-corrected chi connectivity index (χ4v) is 2.30. The summed E-state index contributed by atoms with van der Waals surface area (Å²) in [5.41, 5.74) is -0.430. The molecule has 0 aliphatic carbocycles. The van der Waals surface area contributed by atoms with Gasteiger partial charge in [0, 0.05) is 0 Å². The van der Waals surface area contributed by atoms with Gasteiger partial charge in [0.25, 0.3) is 0 Å². The molecule has 0 aliphatic heterocycles. The monoisotopic (exact) mass is 334 g/mol. The molecule has 3 nitrogen and oxygen atoms in total. The minimum atomic E-state index is -0.430. The van der Waals surface area contributed by atoms with E-state index in [4.69, 9.17) is 4.74 Å². The fourth-order valence-electron chi connectivity index (χ4n) is 2.30. The molecular formula is C21H34O3. The minimum Gasteiger partial charge on any atom is -0.469 e. The van der Waals surface area contributed by atoms with E-state index in [0.717, 1.165) is 32.1 Å². The predicted octanol–water partition coefficient (Wildman–Crippen LogP) is 5.56. The molecule has 0 saturated heterocycles. The summed E-state index contributed by atoms with van der Waals surface area (Å²) in [5, 5.41) is 0. The lowest BCUT2D eigenvalue weighted by Gasteiger charge is -2.20. The highest BCUT2D eigenvalue weighted by Gasteiger charge is 2.27. The standard InChI is InChI=1S/C21H34O3/c1-5-6-7-8-9-10-13-16-19(22)17-14-11-12-15-18-21(2,3)20(23)24-4/h9-10,13-14,16-17H,5-8,11-12,15,18H2,1-4H3/b10-9+,16-13+,17-14-. The summed E-state index contributed by atoms with van der Waals surface area (Å²) in [5.74, 6) is -0.149. The van der Waals surface area contributed by atoms with Crippen LogP contribution in [0.1, 0.15) is 72.1 Å². The van der Waals surface area contributed by atoms with E-state index in [2.05, 4.69) is 13.0 Å². The molecule has 3 heteroatoms. The van der Waals surface area contributed by atoms with Crippen molar-refractivity contribution in [2.45, 2.75) is 72.1 Å². The second kappa shape index (κ2) is 13.8. The van der Waals surface area contributed by atoms with Gasteiger partial charge in [-0.1, -0.05) is 50.5 Å². The van der Waals surface area contributed by atoms with Crippen LogP contribution in [0.4, 0.5) is 0 Å². The van der Waals surface area contributed by atoms with Crippen LogP contribution in [0.5, 0.6) is 0 Å². The highest BCUT2D eigenvalue weighted by molar-refractivity contribution is 5.99. The van der Waals surface area contributed by atoms with Gasteiger partial charge in [-0.15, -0.1) is 0 Å². The van der Waals surface area contributed by atoms with Crippen molar-refractivity contribution in [1.82, 2.24) is 0 Å². The molecule has 0 rings (SSSR count). The van der Waals surface area contributed by atoms with Gasteiger partial charge in [0.1, 0.15) is 0 Å². The van der Waals surface area contributed by atoms with Gasteiger partial charge in [0.2, 0.25) is 0 Å². The zero-order valence-electron chi connectivity index (χ0n) is 15.8. The number of unbranched alkanes of at least 4 members (excludes halogenated alkanes) is 5. The summed E-state index contributed by atoms with van der Waals surface area (Å²) in [6.07, 6.45) is 19.3. The van der Waals surface area contributed by atoms with Crippen molar-refractivity contribution >= 4 is 11.8 Å². The summed E-state index contributed by atoms with van der Waals surface area (Å²) in [7, 11) is 1.42. The zero-order valence-corrected chi connectivity index (χ0v) is 15.8. The first kappa shape index (κ1) is 22.4. The third-order valence-electron chi connectivity index (χ3n) is 3.92. The molecule has 0 heterocycles. The van der Waals surface area contributed by atoms with E-state index in [1.54, 1.807) is 18.2 Å². The maximum atomic E-state index is 11.6. The van der Waals surface area contributed by atoms with E-state index >= 15 is 0 Å². The third kappa shape index (κ3) is 11.9. The molecule has 0 N–H and O–H groups in total. The van der Waals surface area contributed by atoms with Crippen molar-refractivity contribution < 1.29 is 14.3 Å². The van der Waals surface area contributed by atoms with E-state index in [1.165, 1.54) is 26.4 Å². The Morgan fingerprint density at radius 2 is 1.58 bits per heavy atom. The number of hydrogen-bond donors (Lipinski definition) is 0. The number of hydrogen-bond acceptors (Lipinski definition) is 3. The molecule has 0 aromatic rings. The van der Waals surface area contributed by atoms with Crippen LogP contribution >= 0.6 is 0 Å². The molecule has 0 aromatic heterocycles. The van der Waals surface area contributed by atoms with Crippen molar-refractivity contribution in [3.63, 3.8) is 0 Å². The highest BCUT2D eigenvalue weighted by Crippen LogP contribution is 2.25. The van der Waals surface area contributed by atoms with Gasteiger partial charge in [0.05, 0.1) is 12.5 Å². The first-order chi connectivity index (χ1) is 11.4. The van der Waals surface area contributed by atoms with Gasteiger partial charge >= 0.3 is 5.97 Å². The van der Waals surface area contributed by atoms with E-state index in [-0.39, 0.29) is 11.8 Å². The Morgan fingerprint density at radius 1 is 0.917 bits per heavy atom. The number of ether oxygens (including phenoxy) is 1. The van der Waals surface area contributed by atoms with Gasteiger partial charge in [-0.05, 0) is 58.1 Å². The molecule has 0 amide bonds. The summed E-state index contributed by atoms with van der Waals surface area (Å²) >= 11 is 0. The molecule has 0 radical (unpaired) electrons. The van der Waals surface area contributed by atoms with Crippen LogP contribution in [0.3, 0.4) is 0 Å². The highest BCUT2D eigenvalue weighted by atomic mass is 16.5. The average Bonchev–Trinajstić information content (AvgIpc) is 2.56. The van der Waals surface area contributed by atoms with Crippen molar-refractivity contribution in [1.29, 1.82) is 0 Å². The van der Waals surface area contributed by atoms with Crippen molar-refractivity contribution in [2.75, 3.05) is 7.11 Å². The number of carbonyl (C=O) groups excluding carboxylic acids is 2.